The van der Waals surface area contributed by atoms with Crippen LogP contribution in [0.3, 0.4) is 0 Å². The molecule has 2 aromatic carbocycles. The van der Waals surface area contributed by atoms with E-state index in [1.807, 2.05) is 12.1 Å². The number of hydrogen-bond donors (Lipinski definition) is 1. The summed E-state index contributed by atoms with van der Waals surface area (Å²) in [6, 6.07) is 20.8. The Morgan fingerprint density at radius 3 is 1.50 bits per heavy atom. The number of ether oxygens (including phenoxy) is 2. The van der Waals surface area contributed by atoms with Gasteiger partial charge in [-0.1, -0.05) is 152 Å². The van der Waals surface area contributed by atoms with Gasteiger partial charge in [-0.15, -0.1) is 0 Å². The number of benzene rings is 2. The molecule has 0 saturated carbocycles. The second-order valence-corrected chi connectivity index (χ2v) is 10.3. The van der Waals surface area contributed by atoms with E-state index in [1.165, 1.54) is 81.8 Å². The summed E-state index contributed by atoms with van der Waals surface area (Å²) >= 11 is 0. The smallest absolute Gasteiger partial charge is 0.0991 e. The SMILES string of the molecule is CCCCCCCCCCCCCC[C@H](OCc1ccccc1)[C@@H](OCc1ccccc1)[C@H](N)CC. The zero-order valence-corrected chi connectivity index (χ0v) is 23.2. The van der Waals surface area contributed by atoms with E-state index >= 15 is 0 Å². The molecule has 0 aliphatic heterocycles. The van der Waals surface area contributed by atoms with Gasteiger partial charge < -0.3 is 15.2 Å². The molecule has 36 heavy (non-hydrogen) atoms. The highest BCUT2D eigenvalue weighted by molar-refractivity contribution is 5.14. The minimum atomic E-state index is -0.105. The highest BCUT2D eigenvalue weighted by Gasteiger charge is 2.28. The van der Waals surface area contributed by atoms with Crippen molar-refractivity contribution in [3.63, 3.8) is 0 Å². The van der Waals surface area contributed by atoms with Crippen molar-refractivity contribution < 1.29 is 9.47 Å². The van der Waals surface area contributed by atoms with Gasteiger partial charge in [0.25, 0.3) is 0 Å². The standard InChI is InChI=1S/C33H53NO2/c1-3-5-6-7-8-9-10-11-12-13-14-21-26-32(35-27-29-22-17-15-18-23-29)33(31(34)4-2)36-28-30-24-19-16-20-25-30/h15-20,22-25,31-33H,3-14,21,26-28,34H2,1-2H3/t31-,32+,33+/m1/s1. The molecule has 3 atom stereocenters. The van der Waals surface area contributed by atoms with Crippen LogP contribution in [0.1, 0.15) is 115 Å². The molecule has 0 aliphatic carbocycles. The maximum absolute atomic E-state index is 6.58. The van der Waals surface area contributed by atoms with Crippen LogP contribution in [0.15, 0.2) is 60.7 Å². The molecule has 0 aromatic heterocycles. The van der Waals surface area contributed by atoms with Crippen LogP contribution in [-0.4, -0.2) is 18.2 Å². The van der Waals surface area contributed by atoms with Crippen molar-refractivity contribution in [3.05, 3.63) is 71.8 Å². The number of nitrogens with two attached hydrogens (primary N) is 1. The first-order valence-corrected chi connectivity index (χ1v) is 14.8. The molecular weight excluding hydrogens is 442 g/mol. The zero-order valence-electron chi connectivity index (χ0n) is 23.2. The second kappa shape index (κ2) is 20.4. The largest absolute Gasteiger partial charge is 0.371 e. The fraction of sp³-hybridized carbons (Fsp3) is 0.636. The normalized spacial score (nSPS) is 14.0. The van der Waals surface area contributed by atoms with Crippen LogP contribution in [0.25, 0.3) is 0 Å². The Balaban J connectivity index is 1.79. The predicted molar refractivity (Wildman–Crippen MR) is 154 cm³/mol. The third kappa shape index (κ3) is 13.6. The average Bonchev–Trinajstić information content (AvgIpc) is 2.92. The molecule has 3 nitrogen and oxygen atoms in total. The van der Waals surface area contributed by atoms with E-state index in [2.05, 4.69) is 62.4 Å². The van der Waals surface area contributed by atoms with Gasteiger partial charge in [-0.3, -0.25) is 0 Å². The zero-order chi connectivity index (χ0) is 25.7. The van der Waals surface area contributed by atoms with Crippen LogP contribution in [-0.2, 0) is 22.7 Å². The lowest BCUT2D eigenvalue weighted by Crippen LogP contribution is -2.45. The van der Waals surface area contributed by atoms with Crippen LogP contribution < -0.4 is 5.73 Å². The summed E-state index contributed by atoms with van der Waals surface area (Å²) in [5, 5.41) is 0. The molecule has 3 heteroatoms. The molecule has 0 spiro atoms. The van der Waals surface area contributed by atoms with Crippen LogP contribution in [0.2, 0.25) is 0 Å². The first kappa shape index (κ1) is 30.5. The Labute approximate surface area is 222 Å². The Morgan fingerprint density at radius 2 is 1.03 bits per heavy atom. The van der Waals surface area contributed by atoms with Crippen molar-refractivity contribution in [1.29, 1.82) is 0 Å². The van der Waals surface area contributed by atoms with E-state index in [0.717, 1.165) is 19.3 Å². The molecule has 2 aromatic rings. The molecule has 0 radical (unpaired) electrons. The topological polar surface area (TPSA) is 44.5 Å². The number of unbranched alkanes of at least 4 members (excludes halogenated alkanes) is 11. The molecule has 0 unspecified atom stereocenters. The van der Waals surface area contributed by atoms with Gasteiger partial charge in [-0.25, -0.2) is 0 Å². The Morgan fingerprint density at radius 1 is 0.583 bits per heavy atom. The molecule has 0 bridgehead atoms. The Bertz CT molecular complexity index is 736. The van der Waals surface area contributed by atoms with Crippen molar-refractivity contribution in [2.75, 3.05) is 0 Å². The van der Waals surface area contributed by atoms with E-state index in [-0.39, 0.29) is 18.2 Å². The number of hydrogen-bond acceptors (Lipinski definition) is 3. The van der Waals surface area contributed by atoms with Gasteiger partial charge in [0.1, 0.15) is 0 Å². The maximum atomic E-state index is 6.58. The number of rotatable bonds is 22. The lowest BCUT2D eigenvalue weighted by atomic mass is 9.97. The summed E-state index contributed by atoms with van der Waals surface area (Å²) in [6.07, 6.45) is 18.1. The van der Waals surface area contributed by atoms with Crippen LogP contribution in [0, 0.1) is 0 Å². The van der Waals surface area contributed by atoms with Gasteiger partial charge in [0.15, 0.2) is 0 Å². The van der Waals surface area contributed by atoms with E-state index < -0.39 is 0 Å². The molecule has 0 aliphatic rings. The van der Waals surface area contributed by atoms with E-state index in [0.29, 0.717) is 13.2 Å². The second-order valence-electron chi connectivity index (χ2n) is 10.3. The molecule has 202 valence electrons. The van der Waals surface area contributed by atoms with Crippen molar-refractivity contribution in [3.8, 4) is 0 Å². The van der Waals surface area contributed by atoms with Crippen molar-refractivity contribution in [2.24, 2.45) is 5.73 Å². The molecule has 0 fully saturated rings. The minimum absolute atomic E-state index is 0.00647. The summed E-state index contributed by atoms with van der Waals surface area (Å²) in [7, 11) is 0. The third-order valence-corrected chi connectivity index (χ3v) is 7.19. The third-order valence-electron chi connectivity index (χ3n) is 7.19. The Hall–Kier alpha value is -1.68. The minimum Gasteiger partial charge on any atom is -0.371 e. The predicted octanol–water partition coefficient (Wildman–Crippen LogP) is 8.99. The average molecular weight is 496 g/mol. The van der Waals surface area contributed by atoms with Crippen molar-refractivity contribution in [1.82, 2.24) is 0 Å². The van der Waals surface area contributed by atoms with Gasteiger partial charge in [0.05, 0.1) is 25.4 Å². The fourth-order valence-corrected chi connectivity index (χ4v) is 4.81. The first-order chi connectivity index (χ1) is 17.7. The molecule has 0 amide bonds. The molecule has 0 saturated heterocycles. The lowest BCUT2D eigenvalue weighted by molar-refractivity contribution is -0.0992. The van der Waals surface area contributed by atoms with Crippen molar-refractivity contribution in [2.45, 2.75) is 135 Å². The fourth-order valence-electron chi connectivity index (χ4n) is 4.81. The summed E-state index contributed by atoms with van der Waals surface area (Å²) in [5.74, 6) is 0. The summed E-state index contributed by atoms with van der Waals surface area (Å²) in [4.78, 5) is 0. The highest BCUT2D eigenvalue weighted by atomic mass is 16.5. The van der Waals surface area contributed by atoms with Gasteiger partial charge in [-0.2, -0.15) is 0 Å². The van der Waals surface area contributed by atoms with E-state index in [4.69, 9.17) is 15.2 Å². The van der Waals surface area contributed by atoms with Crippen LogP contribution in [0.4, 0.5) is 0 Å². The Kier molecular flexibility index (Phi) is 17.3. The van der Waals surface area contributed by atoms with E-state index in [1.54, 1.807) is 0 Å². The quantitative estimate of drug-likeness (QED) is 0.166. The summed E-state index contributed by atoms with van der Waals surface area (Å²) in [5.41, 5.74) is 8.96. The monoisotopic (exact) mass is 495 g/mol. The van der Waals surface area contributed by atoms with Gasteiger partial charge in [-0.05, 0) is 24.0 Å². The van der Waals surface area contributed by atoms with Gasteiger partial charge >= 0.3 is 0 Å². The van der Waals surface area contributed by atoms with E-state index in [9.17, 15) is 0 Å². The highest BCUT2D eigenvalue weighted by Crippen LogP contribution is 2.21. The lowest BCUT2D eigenvalue weighted by Gasteiger charge is -2.32. The first-order valence-electron chi connectivity index (χ1n) is 14.8. The summed E-state index contributed by atoms with van der Waals surface area (Å²) in [6.45, 7) is 5.60. The van der Waals surface area contributed by atoms with Gasteiger partial charge in [0.2, 0.25) is 0 Å². The maximum Gasteiger partial charge on any atom is 0.0991 e. The summed E-state index contributed by atoms with van der Waals surface area (Å²) < 4.78 is 12.9. The van der Waals surface area contributed by atoms with Gasteiger partial charge in [0, 0.05) is 6.04 Å². The molecule has 2 rings (SSSR count). The van der Waals surface area contributed by atoms with Crippen LogP contribution in [0.5, 0.6) is 0 Å². The molecule has 0 heterocycles. The molecule has 2 N–H and O–H groups in total. The molecular formula is C33H53NO2. The van der Waals surface area contributed by atoms with Crippen molar-refractivity contribution >= 4 is 0 Å². The van der Waals surface area contributed by atoms with Crippen LogP contribution >= 0.6 is 0 Å².